The summed E-state index contributed by atoms with van der Waals surface area (Å²) in [7, 11) is 5.71. The molecule has 0 aliphatic heterocycles. The number of hydrogen-bond acceptors (Lipinski definition) is 4. The second kappa shape index (κ2) is 9.39. The second-order valence-corrected chi connectivity index (χ2v) is 4.61. The van der Waals surface area contributed by atoms with Crippen LogP contribution in [0.4, 0.5) is 0 Å². The molecule has 0 saturated heterocycles. The Labute approximate surface area is 105 Å². The van der Waals surface area contributed by atoms with Gasteiger partial charge in [0.2, 0.25) is 5.91 Å². The van der Waals surface area contributed by atoms with Gasteiger partial charge in [-0.2, -0.15) is 0 Å². The van der Waals surface area contributed by atoms with E-state index in [1.807, 2.05) is 25.9 Å². The van der Waals surface area contributed by atoms with Crippen molar-refractivity contribution in [1.29, 1.82) is 0 Å². The highest BCUT2D eigenvalue weighted by Gasteiger charge is 2.18. The molecule has 5 nitrogen and oxygen atoms in total. The maximum atomic E-state index is 12.0. The first-order chi connectivity index (χ1) is 8.02. The maximum absolute atomic E-state index is 12.0. The Kier molecular flexibility index (Phi) is 9.03. The van der Waals surface area contributed by atoms with Gasteiger partial charge >= 0.3 is 0 Å². The van der Waals surface area contributed by atoms with E-state index in [0.717, 1.165) is 19.5 Å². The third-order valence-corrected chi connectivity index (χ3v) is 2.69. The van der Waals surface area contributed by atoms with Crippen LogP contribution in [0, 0.1) is 5.92 Å². The second-order valence-electron chi connectivity index (χ2n) is 4.61. The monoisotopic (exact) mass is 245 g/mol. The molecule has 102 valence electrons. The molecule has 2 N–H and O–H groups in total. The highest BCUT2D eigenvalue weighted by Crippen LogP contribution is 2.02. The average Bonchev–Trinajstić information content (AvgIpc) is 2.31. The Balaban J connectivity index is 4.16. The molecule has 0 aliphatic carbocycles. The Morgan fingerprint density at radius 2 is 1.94 bits per heavy atom. The first-order valence-corrected chi connectivity index (χ1v) is 6.15. The summed E-state index contributed by atoms with van der Waals surface area (Å²) in [6, 6.07) is 0. The van der Waals surface area contributed by atoms with Gasteiger partial charge in [0, 0.05) is 32.7 Å². The van der Waals surface area contributed by atoms with E-state index in [-0.39, 0.29) is 11.8 Å². The average molecular weight is 245 g/mol. The van der Waals surface area contributed by atoms with E-state index in [1.54, 1.807) is 7.11 Å². The largest absolute Gasteiger partial charge is 0.383 e. The van der Waals surface area contributed by atoms with Gasteiger partial charge in [-0.25, -0.2) is 0 Å². The fourth-order valence-corrected chi connectivity index (χ4v) is 1.52. The summed E-state index contributed by atoms with van der Waals surface area (Å²) in [4.78, 5) is 16.0. The van der Waals surface area contributed by atoms with Gasteiger partial charge in [-0.05, 0) is 27.1 Å². The summed E-state index contributed by atoms with van der Waals surface area (Å²) in [6.07, 6.45) is 0.972. The van der Waals surface area contributed by atoms with Crippen LogP contribution in [0.25, 0.3) is 0 Å². The number of ether oxygens (including phenoxy) is 1. The summed E-state index contributed by atoms with van der Waals surface area (Å²) in [5.74, 6) is 0.0227. The lowest BCUT2D eigenvalue weighted by atomic mass is 10.1. The molecule has 1 unspecified atom stereocenters. The van der Waals surface area contributed by atoms with Gasteiger partial charge in [-0.1, -0.05) is 6.92 Å². The molecule has 0 aliphatic rings. The van der Waals surface area contributed by atoms with Crippen molar-refractivity contribution in [3.63, 3.8) is 0 Å². The van der Waals surface area contributed by atoms with Gasteiger partial charge in [-0.15, -0.1) is 0 Å². The number of methoxy groups -OCH3 is 1. The van der Waals surface area contributed by atoms with Crippen LogP contribution in [0.15, 0.2) is 0 Å². The van der Waals surface area contributed by atoms with Crippen molar-refractivity contribution in [3.8, 4) is 0 Å². The Morgan fingerprint density at radius 1 is 1.29 bits per heavy atom. The minimum Gasteiger partial charge on any atom is -0.383 e. The van der Waals surface area contributed by atoms with Crippen molar-refractivity contribution in [3.05, 3.63) is 0 Å². The van der Waals surface area contributed by atoms with E-state index in [9.17, 15) is 4.79 Å². The zero-order valence-corrected chi connectivity index (χ0v) is 11.6. The van der Waals surface area contributed by atoms with Crippen molar-refractivity contribution in [2.75, 3.05) is 54.0 Å². The molecule has 0 aromatic rings. The summed E-state index contributed by atoms with van der Waals surface area (Å²) in [5.41, 5.74) is 5.53. The molecule has 1 atom stereocenters. The molecule has 17 heavy (non-hydrogen) atoms. The zero-order valence-electron chi connectivity index (χ0n) is 11.6. The summed E-state index contributed by atoms with van der Waals surface area (Å²) in [6.45, 7) is 5.24. The standard InChI is InChI=1S/C12H27N3O2/c1-11(10-13)12(16)15(8-9-17-4)7-5-6-14(2)3/h11H,5-10,13H2,1-4H3. The van der Waals surface area contributed by atoms with E-state index in [4.69, 9.17) is 10.5 Å². The van der Waals surface area contributed by atoms with Crippen LogP contribution in [-0.2, 0) is 9.53 Å². The van der Waals surface area contributed by atoms with Crippen molar-refractivity contribution in [2.45, 2.75) is 13.3 Å². The molecule has 0 saturated carbocycles. The molecule has 0 aromatic heterocycles. The van der Waals surface area contributed by atoms with Crippen LogP contribution in [0.3, 0.4) is 0 Å². The molecular formula is C12H27N3O2. The smallest absolute Gasteiger partial charge is 0.226 e. The Hall–Kier alpha value is -0.650. The predicted octanol–water partition coefficient (Wildman–Crippen LogP) is 0.00790. The molecule has 0 rings (SSSR count). The first kappa shape index (κ1) is 16.4. The van der Waals surface area contributed by atoms with E-state index in [1.165, 1.54) is 0 Å². The van der Waals surface area contributed by atoms with Gasteiger partial charge in [0.05, 0.1) is 6.61 Å². The van der Waals surface area contributed by atoms with Gasteiger partial charge in [0.15, 0.2) is 0 Å². The number of rotatable bonds is 9. The lowest BCUT2D eigenvalue weighted by molar-refractivity contribution is -0.135. The lowest BCUT2D eigenvalue weighted by Gasteiger charge is -2.25. The minimum atomic E-state index is -0.105. The van der Waals surface area contributed by atoms with E-state index in [2.05, 4.69) is 4.90 Å². The number of carbonyl (C=O) groups excluding carboxylic acids is 1. The fraction of sp³-hybridized carbons (Fsp3) is 0.917. The van der Waals surface area contributed by atoms with Crippen LogP contribution in [0.1, 0.15) is 13.3 Å². The topological polar surface area (TPSA) is 58.8 Å². The number of amides is 1. The molecule has 0 fully saturated rings. The Morgan fingerprint density at radius 3 is 2.41 bits per heavy atom. The third kappa shape index (κ3) is 7.31. The highest BCUT2D eigenvalue weighted by atomic mass is 16.5. The van der Waals surface area contributed by atoms with Crippen LogP contribution in [-0.4, -0.2) is 69.7 Å². The summed E-state index contributed by atoms with van der Waals surface area (Å²) >= 11 is 0. The summed E-state index contributed by atoms with van der Waals surface area (Å²) < 4.78 is 5.03. The van der Waals surface area contributed by atoms with Gasteiger partial charge in [-0.3, -0.25) is 4.79 Å². The maximum Gasteiger partial charge on any atom is 0.226 e. The van der Waals surface area contributed by atoms with E-state index >= 15 is 0 Å². The molecule has 0 heterocycles. The number of nitrogens with two attached hydrogens (primary N) is 1. The van der Waals surface area contributed by atoms with Crippen LogP contribution in [0.5, 0.6) is 0 Å². The molecule has 0 radical (unpaired) electrons. The molecular weight excluding hydrogens is 218 g/mol. The molecule has 5 heteroatoms. The van der Waals surface area contributed by atoms with Crippen LogP contribution < -0.4 is 5.73 Å². The first-order valence-electron chi connectivity index (χ1n) is 6.15. The predicted molar refractivity (Wildman–Crippen MR) is 69.8 cm³/mol. The van der Waals surface area contributed by atoms with E-state index in [0.29, 0.717) is 19.7 Å². The normalized spacial score (nSPS) is 12.8. The SMILES string of the molecule is COCCN(CCCN(C)C)C(=O)C(C)CN. The van der Waals surface area contributed by atoms with Gasteiger partial charge in [0.25, 0.3) is 0 Å². The molecule has 0 aromatic carbocycles. The number of carbonyl (C=O) groups is 1. The van der Waals surface area contributed by atoms with Crippen molar-refractivity contribution in [2.24, 2.45) is 11.7 Å². The van der Waals surface area contributed by atoms with Crippen molar-refractivity contribution >= 4 is 5.91 Å². The molecule has 1 amide bonds. The minimum absolute atomic E-state index is 0.105. The highest BCUT2D eigenvalue weighted by molar-refractivity contribution is 5.78. The molecule has 0 spiro atoms. The fourth-order valence-electron chi connectivity index (χ4n) is 1.52. The summed E-state index contributed by atoms with van der Waals surface area (Å²) in [5, 5.41) is 0. The van der Waals surface area contributed by atoms with Gasteiger partial charge < -0.3 is 20.3 Å². The lowest BCUT2D eigenvalue weighted by Crippen LogP contribution is -2.41. The molecule has 0 bridgehead atoms. The Bertz CT molecular complexity index is 210. The van der Waals surface area contributed by atoms with E-state index < -0.39 is 0 Å². The number of nitrogens with zero attached hydrogens (tertiary/aromatic N) is 2. The number of hydrogen-bond donors (Lipinski definition) is 1. The van der Waals surface area contributed by atoms with Gasteiger partial charge in [0.1, 0.15) is 0 Å². The third-order valence-electron chi connectivity index (χ3n) is 2.69. The zero-order chi connectivity index (χ0) is 13.3. The van der Waals surface area contributed by atoms with Crippen molar-refractivity contribution in [1.82, 2.24) is 9.80 Å². The van der Waals surface area contributed by atoms with Crippen LogP contribution >= 0.6 is 0 Å². The van der Waals surface area contributed by atoms with Crippen molar-refractivity contribution < 1.29 is 9.53 Å². The van der Waals surface area contributed by atoms with Crippen LogP contribution in [0.2, 0.25) is 0 Å². The quantitative estimate of drug-likeness (QED) is 0.621.